The summed E-state index contributed by atoms with van der Waals surface area (Å²) in [6.45, 7) is 9.38. The average Bonchev–Trinajstić information content (AvgIpc) is 3.05. The summed E-state index contributed by atoms with van der Waals surface area (Å²) in [4.78, 5) is 5.12. The van der Waals surface area contributed by atoms with Gasteiger partial charge in [0.15, 0.2) is 0 Å². The zero-order chi connectivity index (χ0) is 18.9. The maximum atomic E-state index is 2.58. The van der Waals surface area contributed by atoms with Crippen LogP contribution in [0.25, 0.3) is 0 Å². The fourth-order valence-corrected chi connectivity index (χ4v) is 4.13. The molecule has 0 saturated carbocycles. The van der Waals surface area contributed by atoms with Crippen LogP contribution in [-0.2, 0) is 0 Å². The molecule has 0 aliphatic carbocycles. The SMILES string of the molecule is CCCCCCCCCCCCCCCN1C=CN(CCCC)C1CC. The number of hydrogen-bond acceptors (Lipinski definition) is 2. The lowest BCUT2D eigenvalue weighted by atomic mass is 10.0. The van der Waals surface area contributed by atoms with Crippen molar-refractivity contribution in [2.75, 3.05) is 13.1 Å². The Morgan fingerprint density at radius 1 is 0.500 bits per heavy atom. The second-order valence-electron chi connectivity index (χ2n) is 8.26. The van der Waals surface area contributed by atoms with Crippen LogP contribution in [0.5, 0.6) is 0 Å². The highest BCUT2D eigenvalue weighted by atomic mass is 15.4. The summed E-state index contributed by atoms with van der Waals surface area (Å²) in [5.41, 5.74) is 0. The molecule has 0 radical (unpaired) electrons. The van der Waals surface area contributed by atoms with E-state index in [1.165, 1.54) is 116 Å². The predicted octanol–water partition coefficient (Wildman–Crippen LogP) is 7.70. The molecule has 2 nitrogen and oxygen atoms in total. The minimum atomic E-state index is 0.624. The van der Waals surface area contributed by atoms with Crippen molar-refractivity contribution in [1.82, 2.24) is 9.80 Å². The van der Waals surface area contributed by atoms with Crippen LogP contribution in [0.4, 0.5) is 0 Å². The molecule has 0 saturated heterocycles. The Hall–Kier alpha value is -0.660. The largest absolute Gasteiger partial charge is 0.356 e. The van der Waals surface area contributed by atoms with Crippen LogP contribution in [-0.4, -0.2) is 29.1 Å². The molecular formula is C24H48N2. The summed E-state index contributed by atoms with van der Waals surface area (Å²) < 4.78 is 0. The van der Waals surface area contributed by atoms with Crippen molar-refractivity contribution in [3.8, 4) is 0 Å². The van der Waals surface area contributed by atoms with Crippen LogP contribution in [0.15, 0.2) is 12.4 Å². The lowest BCUT2D eigenvalue weighted by Gasteiger charge is -2.32. The predicted molar refractivity (Wildman–Crippen MR) is 117 cm³/mol. The summed E-state index contributed by atoms with van der Waals surface area (Å²) in [5, 5.41) is 0. The molecule has 0 aromatic carbocycles. The number of rotatable bonds is 18. The molecule has 0 aromatic heterocycles. The third kappa shape index (κ3) is 10.5. The summed E-state index contributed by atoms with van der Waals surface area (Å²) in [5.74, 6) is 0. The fourth-order valence-electron chi connectivity index (χ4n) is 4.13. The molecule has 0 N–H and O–H groups in total. The zero-order valence-electron chi connectivity index (χ0n) is 18.4. The minimum Gasteiger partial charge on any atom is -0.356 e. The van der Waals surface area contributed by atoms with Gasteiger partial charge in [-0.25, -0.2) is 0 Å². The van der Waals surface area contributed by atoms with E-state index in [9.17, 15) is 0 Å². The lowest BCUT2D eigenvalue weighted by molar-refractivity contribution is 0.144. The average molecular weight is 365 g/mol. The van der Waals surface area contributed by atoms with E-state index in [2.05, 4.69) is 43.0 Å². The zero-order valence-corrected chi connectivity index (χ0v) is 18.4. The Morgan fingerprint density at radius 2 is 0.885 bits per heavy atom. The molecule has 0 aromatic rings. The van der Waals surface area contributed by atoms with Crippen LogP contribution in [0, 0.1) is 0 Å². The van der Waals surface area contributed by atoms with Gasteiger partial charge in [0.05, 0.1) is 0 Å². The van der Waals surface area contributed by atoms with Gasteiger partial charge in [-0.1, -0.05) is 104 Å². The summed E-state index contributed by atoms with van der Waals surface area (Å²) >= 11 is 0. The van der Waals surface area contributed by atoms with Crippen LogP contribution in [0.1, 0.15) is 124 Å². The third-order valence-electron chi connectivity index (χ3n) is 5.87. The van der Waals surface area contributed by atoms with Gasteiger partial charge in [-0.15, -0.1) is 0 Å². The highest BCUT2D eigenvalue weighted by Gasteiger charge is 2.23. The van der Waals surface area contributed by atoms with Crippen LogP contribution < -0.4 is 0 Å². The Kier molecular flexibility index (Phi) is 14.8. The van der Waals surface area contributed by atoms with Crippen molar-refractivity contribution < 1.29 is 0 Å². The van der Waals surface area contributed by atoms with Crippen LogP contribution in [0.3, 0.4) is 0 Å². The Morgan fingerprint density at radius 3 is 1.31 bits per heavy atom. The topological polar surface area (TPSA) is 6.48 Å². The molecule has 1 unspecified atom stereocenters. The van der Waals surface area contributed by atoms with Crippen molar-refractivity contribution in [3.63, 3.8) is 0 Å². The normalized spacial score (nSPS) is 16.8. The van der Waals surface area contributed by atoms with Gasteiger partial charge in [0.1, 0.15) is 6.17 Å². The molecule has 1 atom stereocenters. The van der Waals surface area contributed by atoms with E-state index in [1.807, 2.05) is 0 Å². The molecule has 26 heavy (non-hydrogen) atoms. The molecule has 1 aliphatic heterocycles. The first-order chi connectivity index (χ1) is 12.8. The van der Waals surface area contributed by atoms with Crippen molar-refractivity contribution in [2.45, 2.75) is 130 Å². The van der Waals surface area contributed by atoms with Gasteiger partial charge < -0.3 is 9.80 Å². The number of hydrogen-bond donors (Lipinski definition) is 0. The van der Waals surface area contributed by atoms with Gasteiger partial charge in [-0.2, -0.15) is 0 Å². The van der Waals surface area contributed by atoms with E-state index >= 15 is 0 Å². The van der Waals surface area contributed by atoms with Crippen molar-refractivity contribution in [3.05, 3.63) is 12.4 Å². The fraction of sp³-hybridized carbons (Fsp3) is 0.917. The molecule has 154 valence electrons. The number of nitrogens with zero attached hydrogens (tertiary/aromatic N) is 2. The first-order valence-electron chi connectivity index (χ1n) is 12.0. The standard InChI is InChI=1S/C24H48N2/c1-4-7-9-10-11-12-13-14-15-16-17-18-19-21-26-23-22-25(20-8-5-2)24(26)6-3/h22-24H,4-21H2,1-3H3. The summed E-state index contributed by atoms with van der Waals surface area (Å²) in [6.07, 6.45) is 27.8. The second kappa shape index (κ2) is 16.5. The van der Waals surface area contributed by atoms with E-state index in [-0.39, 0.29) is 0 Å². The smallest absolute Gasteiger partial charge is 0.100 e. The first kappa shape index (κ1) is 23.4. The van der Waals surface area contributed by atoms with Crippen LogP contribution in [0.2, 0.25) is 0 Å². The Balaban J connectivity index is 1.90. The third-order valence-corrected chi connectivity index (χ3v) is 5.87. The summed E-state index contributed by atoms with van der Waals surface area (Å²) in [7, 11) is 0. The highest BCUT2D eigenvalue weighted by Crippen LogP contribution is 2.20. The van der Waals surface area contributed by atoms with Crippen molar-refractivity contribution >= 4 is 0 Å². The van der Waals surface area contributed by atoms with E-state index in [0.29, 0.717) is 6.17 Å². The monoisotopic (exact) mass is 364 g/mol. The van der Waals surface area contributed by atoms with Gasteiger partial charge in [0.2, 0.25) is 0 Å². The van der Waals surface area contributed by atoms with Crippen molar-refractivity contribution in [2.24, 2.45) is 0 Å². The maximum Gasteiger partial charge on any atom is 0.100 e. The van der Waals surface area contributed by atoms with Gasteiger partial charge in [0.25, 0.3) is 0 Å². The van der Waals surface area contributed by atoms with Gasteiger partial charge >= 0.3 is 0 Å². The van der Waals surface area contributed by atoms with E-state index < -0.39 is 0 Å². The Labute approximate surface area is 165 Å². The number of unbranched alkanes of at least 4 members (excludes halogenated alkanes) is 13. The summed E-state index contributed by atoms with van der Waals surface area (Å²) in [6, 6.07) is 0. The molecule has 0 amide bonds. The molecule has 2 heteroatoms. The quantitative estimate of drug-likeness (QED) is 0.230. The molecule has 1 aliphatic rings. The van der Waals surface area contributed by atoms with E-state index in [4.69, 9.17) is 0 Å². The van der Waals surface area contributed by atoms with E-state index in [1.54, 1.807) is 0 Å². The molecule has 1 rings (SSSR count). The molecule has 1 heterocycles. The molecule has 0 bridgehead atoms. The van der Waals surface area contributed by atoms with Gasteiger partial charge in [-0.05, 0) is 19.3 Å². The highest BCUT2D eigenvalue weighted by molar-refractivity contribution is 4.96. The minimum absolute atomic E-state index is 0.624. The molecule has 0 spiro atoms. The molecular weight excluding hydrogens is 316 g/mol. The van der Waals surface area contributed by atoms with E-state index in [0.717, 1.165) is 0 Å². The second-order valence-corrected chi connectivity index (χ2v) is 8.26. The molecule has 0 fully saturated rings. The van der Waals surface area contributed by atoms with Crippen LogP contribution >= 0.6 is 0 Å². The lowest BCUT2D eigenvalue weighted by Crippen LogP contribution is -2.38. The van der Waals surface area contributed by atoms with Gasteiger partial charge in [-0.3, -0.25) is 0 Å². The maximum absolute atomic E-state index is 2.58. The first-order valence-corrected chi connectivity index (χ1v) is 12.0. The Bertz CT molecular complexity index is 326. The van der Waals surface area contributed by atoms with Gasteiger partial charge in [0, 0.05) is 25.5 Å². The van der Waals surface area contributed by atoms with Crippen molar-refractivity contribution in [1.29, 1.82) is 0 Å².